The number of hydrogen-bond acceptors (Lipinski definition) is 4. The van der Waals surface area contributed by atoms with Gasteiger partial charge < -0.3 is 14.9 Å². The minimum atomic E-state index is -1.38. The molecule has 0 aliphatic heterocycles. The van der Waals surface area contributed by atoms with Gasteiger partial charge in [0.25, 0.3) is 0 Å². The summed E-state index contributed by atoms with van der Waals surface area (Å²) < 4.78 is 5.73. The van der Waals surface area contributed by atoms with Gasteiger partial charge in [0.05, 0.1) is 11.5 Å². The monoisotopic (exact) mass is 350 g/mol. The van der Waals surface area contributed by atoms with Crippen LogP contribution in [0.15, 0.2) is 72.8 Å². The van der Waals surface area contributed by atoms with E-state index in [0.29, 0.717) is 11.1 Å². The highest BCUT2D eigenvalue weighted by Gasteiger charge is 2.37. The molecule has 1 aliphatic rings. The molecule has 5 nitrogen and oxygen atoms in total. The molecule has 0 spiro atoms. The minimum Gasteiger partial charge on any atom is -0.507 e. The lowest BCUT2D eigenvalue weighted by atomic mass is 9.85. The highest BCUT2D eigenvalue weighted by atomic mass is 16.6. The zero-order chi connectivity index (χ0) is 18.7. The molecule has 0 atom stereocenters. The van der Waals surface area contributed by atoms with Crippen molar-refractivity contribution >= 4 is 11.9 Å². The number of rotatable bonds is 4. The summed E-state index contributed by atoms with van der Waals surface area (Å²) in [6.45, 7) is 1.91. The standard InChI is InChI=1S/C21H18O5/c1-14-6-8-16(9-7-14)20(25)26-21(17-4-2-3-5-18(17)22)12-10-15(11-13-21)19(23)24/h2-13,15,22H,1H3,(H,23,24). The fourth-order valence-corrected chi connectivity index (χ4v) is 2.79. The molecule has 0 fully saturated rings. The second-order valence-corrected chi connectivity index (χ2v) is 6.15. The number of carboxylic acids is 1. The van der Waals surface area contributed by atoms with Crippen LogP contribution in [0.4, 0.5) is 0 Å². The number of aromatic hydroxyl groups is 1. The van der Waals surface area contributed by atoms with Crippen LogP contribution >= 0.6 is 0 Å². The lowest BCUT2D eigenvalue weighted by Gasteiger charge is -2.31. The maximum atomic E-state index is 12.6. The normalized spacial score (nSPS) is 21.3. The van der Waals surface area contributed by atoms with Gasteiger partial charge in [-0.05, 0) is 37.3 Å². The Labute approximate surface area is 150 Å². The van der Waals surface area contributed by atoms with Gasteiger partial charge in [0.1, 0.15) is 5.75 Å². The number of esters is 1. The molecule has 132 valence electrons. The van der Waals surface area contributed by atoms with E-state index < -0.39 is 23.5 Å². The maximum Gasteiger partial charge on any atom is 0.339 e. The van der Waals surface area contributed by atoms with Crippen molar-refractivity contribution in [3.8, 4) is 5.75 Å². The molecule has 0 aromatic heterocycles. The van der Waals surface area contributed by atoms with Crippen LogP contribution in [0.5, 0.6) is 5.75 Å². The zero-order valence-electron chi connectivity index (χ0n) is 14.1. The molecule has 0 heterocycles. The van der Waals surface area contributed by atoms with E-state index in [2.05, 4.69) is 0 Å². The number of carbonyl (C=O) groups excluding carboxylic acids is 1. The van der Waals surface area contributed by atoms with Gasteiger partial charge in [0, 0.05) is 5.56 Å². The van der Waals surface area contributed by atoms with E-state index in [-0.39, 0.29) is 5.75 Å². The van der Waals surface area contributed by atoms with Gasteiger partial charge in [0.15, 0.2) is 5.60 Å². The van der Waals surface area contributed by atoms with Gasteiger partial charge in [-0.1, -0.05) is 48.0 Å². The third kappa shape index (κ3) is 3.37. The summed E-state index contributed by atoms with van der Waals surface area (Å²) in [6, 6.07) is 13.4. The number of phenols is 1. The van der Waals surface area contributed by atoms with Gasteiger partial charge in [-0.15, -0.1) is 0 Å². The minimum absolute atomic E-state index is 0.0488. The Morgan fingerprint density at radius 3 is 2.19 bits per heavy atom. The fraction of sp³-hybridized carbons (Fsp3) is 0.143. The first-order valence-corrected chi connectivity index (χ1v) is 8.11. The van der Waals surface area contributed by atoms with E-state index >= 15 is 0 Å². The summed E-state index contributed by atoms with van der Waals surface area (Å²) in [5.41, 5.74) is 0.363. The number of aryl methyl sites for hydroxylation is 1. The van der Waals surface area contributed by atoms with Crippen molar-refractivity contribution < 1.29 is 24.5 Å². The number of ether oxygens (including phenoxy) is 1. The van der Waals surface area contributed by atoms with Crippen LogP contribution in [0, 0.1) is 12.8 Å². The Morgan fingerprint density at radius 1 is 1.00 bits per heavy atom. The summed E-state index contributed by atoms with van der Waals surface area (Å²) in [5, 5.41) is 19.4. The SMILES string of the molecule is Cc1ccc(C(=O)OC2(c3ccccc3O)C=CC(C(=O)O)C=C2)cc1. The number of carboxylic acid groups (broad SMARTS) is 1. The first kappa shape index (κ1) is 17.5. The predicted octanol–water partition coefficient (Wildman–Crippen LogP) is 3.58. The van der Waals surface area contributed by atoms with Crippen LogP contribution in [0.1, 0.15) is 21.5 Å². The molecule has 2 N–H and O–H groups in total. The number of benzene rings is 2. The van der Waals surface area contributed by atoms with Crippen molar-refractivity contribution in [2.24, 2.45) is 5.92 Å². The molecule has 0 unspecified atom stereocenters. The molecular weight excluding hydrogens is 332 g/mol. The second-order valence-electron chi connectivity index (χ2n) is 6.15. The Kier molecular flexibility index (Phi) is 4.63. The van der Waals surface area contributed by atoms with E-state index in [1.54, 1.807) is 42.5 Å². The Hall–Kier alpha value is -3.34. The average Bonchev–Trinajstić information content (AvgIpc) is 2.63. The van der Waals surface area contributed by atoms with Crippen molar-refractivity contribution in [1.82, 2.24) is 0 Å². The van der Waals surface area contributed by atoms with Gasteiger partial charge in [-0.2, -0.15) is 0 Å². The zero-order valence-corrected chi connectivity index (χ0v) is 14.1. The van der Waals surface area contributed by atoms with Crippen LogP contribution in [-0.2, 0) is 15.1 Å². The first-order valence-electron chi connectivity index (χ1n) is 8.11. The first-order chi connectivity index (χ1) is 12.4. The number of phenolic OH excluding ortho intramolecular Hbond substituents is 1. The number of hydrogen-bond donors (Lipinski definition) is 2. The lowest BCUT2D eigenvalue weighted by molar-refractivity contribution is -0.138. The van der Waals surface area contributed by atoms with E-state index in [0.717, 1.165) is 5.56 Å². The highest BCUT2D eigenvalue weighted by molar-refractivity contribution is 5.90. The molecule has 0 radical (unpaired) electrons. The largest absolute Gasteiger partial charge is 0.507 e. The third-order valence-electron chi connectivity index (χ3n) is 4.26. The van der Waals surface area contributed by atoms with Crippen molar-refractivity contribution in [3.63, 3.8) is 0 Å². The van der Waals surface area contributed by atoms with Crippen LogP contribution in [-0.4, -0.2) is 22.2 Å². The number of para-hydroxylation sites is 1. The molecule has 1 aliphatic carbocycles. The summed E-state index contributed by atoms with van der Waals surface area (Å²) in [6.07, 6.45) is 5.87. The third-order valence-corrected chi connectivity index (χ3v) is 4.26. The summed E-state index contributed by atoms with van der Waals surface area (Å²) in [5.74, 6) is -2.44. The smallest absolute Gasteiger partial charge is 0.339 e. The van der Waals surface area contributed by atoms with E-state index in [4.69, 9.17) is 9.84 Å². The van der Waals surface area contributed by atoms with Crippen molar-refractivity contribution in [3.05, 3.63) is 89.5 Å². The number of carbonyl (C=O) groups is 2. The van der Waals surface area contributed by atoms with Crippen molar-refractivity contribution in [2.75, 3.05) is 0 Å². The predicted molar refractivity (Wildman–Crippen MR) is 95.8 cm³/mol. The molecule has 0 saturated heterocycles. The molecule has 0 saturated carbocycles. The summed E-state index contributed by atoms with van der Waals surface area (Å²) in [7, 11) is 0. The summed E-state index contributed by atoms with van der Waals surface area (Å²) >= 11 is 0. The fourth-order valence-electron chi connectivity index (χ4n) is 2.79. The van der Waals surface area contributed by atoms with Crippen molar-refractivity contribution in [2.45, 2.75) is 12.5 Å². The van der Waals surface area contributed by atoms with Gasteiger partial charge in [-0.3, -0.25) is 4.79 Å². The Bertz CT molecular complexity index is 879. The Morgan fingerprint density at radius 2 is 1.62 bits per heavy atom. The van der Waals surface area contributed by atoms with E-state index in [9.17, 15) is 14.7 Å². The van der Waals surface area contributed by atoms with E-state index in [1.165, 1.54) is 30.4 Å². The molecule has 26 heavy (non-hydrogen) atoms. The molecular formula is C21H18O5. The molecule has 5 heteroatoms. The van der Waals surface area contributed by atoms with Gasteiger partial charge in [-0.25, -0.2) is 4.79 Å². The van der Waals surface area contributed by atoms with Crippen LogP contribution in [0.2, 0.25) is 0 Å². The molecule has 0 amide bonds. The second kappa shape index (κ2) is 6.88. The van der Waals surface area contributed by atoms with Crippen LogP contribution in [0.3, 0.4) is 0 Å². The lowest BCUT2D eigenvalue weighted by Crippen LogP contribution is -2.31. The van der Waals surface area contributed by atoms with Crippen molar-refractivity contribution in [1.29, 1.82) is 0 Å². The molecule has 3 rings (SSSR count). The van der Waals surface area contributed by atoms with Crippen LogP contribution < -0.4 is 0 Å². The molecule has 2 aromatic rings. The van der Waals surface area contributed by atoms with E-state index in [1.807, 2.05) is 6.92 Å². The average molecular weight is 350 g/mol. The van der Waals surface area contributed by atoms with Gasteiger partial charge >= 0.3 is 11.9 Å². The van der Waals surface area contributed by atoms with Crippen LogP contribution in [0.25, 0.3) is 0 Å². The molecule has 2 aromatic carbocycles. The quantitative estimate of drug-likeness (QED) is 0.650. The highest BCUT2D eigenvalue weighted by Crippen LogP contribution is 2.38. The maximum absolute atomic E-state index is 12.6. The molecule has 0 bridgehead atoms. The number of aliphatic carboxylic acids is 1. The van der Waals surface area contributed by atoms with Gasteiger partial charge in [0.2, 0.25) is 0 Å². The summed E-state index contributed by atoms with van der Waals surface area (Å²) in [4.78, 5) is 23.8. The topological polar surface area (TPSA) is 83.8 Å². The Balaban J connectivity index is 2.00.